The molecular weight excluding hydrogens is 368 g/mol. The van der Waals surface area contributed by atoms with Gasteiger partial charge in [0.25, 0.3) is 5.91 Å². The minimum absolute atomic E-state index is 0.0977. The second kappa shape index (κ2) is 9.87. The number of amides is 2. The van der Waals surface area contributed by atoms with Crippen LogP contribution in [0.25, 0.3) is 0 Å². The zero-order valence-electron chi connectivity index (χ0n) is 17.2. The van der Waals surface area contributed by atoms with Gasteiger partial charge in [-0.1, -0.05) is 50.6 Å². The Kier molecular flexibility index (Phi) is 7.53. The van der Waals surface area contributed by atoms with E-state index in [1.165, 1.54) is 0 Å². The third-order valence-electron chi connectivity index (χ3n) is 4.70. The highest BCUT2D eigenvalue weighted by Crippen LogP contribution is 2.15. The molecule has 0 aliphatic heterocycles. The standard InChI is InChI=1S/C23H28N2O4/c1-14(2)20(25-21(26)18-7-5-6-15(3)12-18)22(27)24-19-10-8-17(9-11-19)13-16(4)23(28)29/h5-12,14,16,20H,13H2,1-4H3,(H,24,27)(H,25,26)(H,28,29). The molecule has 0 aromatic heterocycles. The summed E-state index contributed by atoms with van der Waals surface area (Å²) in [5.74, 6) is -2.00. The van der Waals surface area contributed by atoms with Crippen molar-refractivity contribution in [2.45, 2.75) is 40.2 Å². The number of carboxylic acid groups (broad SMARTS) is 1. The fourth-order valence-corrected chi connectivity index (χ4v) is 2.93. The van der Waals surface area contributed by atoms with Crippen molar-refractivity contribution in [3.63, 3.8) is 0 Å². The summed E-state index contributed by atoms with van der Waals surface area (Å²) in [5, 5.41) is 14.6. The predicted octanol–water partition coefficient (Wildman–Crippen LogP) is 3.65. The van der Waals surface area contributed by atoms with Crippen molar-refractivity contribution in [2.24, 2.45) is 11.8 Å². The van der Waals surface area contributed by atoms with Crippen LogP contribution in [0.5, 0.6) is 0 Å². The van der Waals surface area contributed by atoms with Crippen molar-refractivity contribution >= 4 is 23.5 Å². The third kappa shape index (κ3) is 6.45. The van der Waals surface area contributed by atoms with Crippen molar-refractivity contribution in [1.29, 1.82) is 0 Å². The Hall–Kier alpha value is -3.15. The SMILES string of the molecule is Cc1cccc(C(=O)NC(C(=O)Nc2ccc(CC(C)C(=O)O)cc2)C(C)C)c1. The average Bonchev–Trinajstić information content (AvgIpc) is 2.66. The Labute approximate surface area is 171 Å². The van der Waals surface area contributed by atoms with E-state index in [0.717, 1.165) is 11.1 Å². The number of carbonyl (C=O) groups excluding carboxylic acids is 2. The van der Waals surface area contributed by atoms with Gasteiger partial charge < -0.3 is 15.7 Å². The number of carbonyl (C=O) groups is 3. The first-order valence-electron chi connectivity index (χ1n) is 9.67. The molecule has 6 heteroatoms. The molecule has 0 fully saturated rings. The largest absolute Gasteiger partial charge is 0.481 e. The van der Waals surface area contributed by atoms with E-state index >= 15 is 0 Å². The highest BCUT2D eigenvalue weighted by atomic mass is 16.4. The summed E-state index contributed by atoms with van der Waals surface area (Å²) >= 11 is 0. The number of benzene rings is 2. The Bertz CT molecular complexity index is 875. The van der Waals surface area contributed by atoms with Crippen LogP contribution in [0.1, 0.15) is 42.3 Å². The maximum Gasteiger partial charge on any atom is 0.306 e. The van der Waals surface area contributed by atoms with E-state index < -0.39 is 17.9 Å². The molecular formula is C23H28N2O4. The second-order valence-electron chi connectivity index (χ2n) is 7.69. The van der Waals surface area contributed by atoms with Crippen LogP contribution in [0.15, 0.2) is 48.5 Å². The lowest BCUT2D eigenvalue weighted by molar-refractivity contribution is -0.141. The van der Waals surface area contributed by atoms with E-state index in [0.29, 0.717) is 17.7 Å². The van der Waals surface area contributed by atoms with Crippen LogP contribution in [-0.4, -0.2) is 28.9 Å². The number of hydrogen-bond donors (Lipinski definition) is 3. The molecule has 2 amide bonds. The first kappa shape index (κ1) is 22.1. The molecule has 0 saturated carbocycles. The van der Waals surface area contributed by atoms with Crippen molar-refractivity contribution in [2.75, 3.05) is 5.32 Å². The number of carboxylic acids is 1. The summed E-state index contributed by atoms with van der Waals surface area (Å²) in [7, 11) is 0. The normalized spacial score (nSPS) is 12.9. The molecule has 6 nitrogen and oxygen atoms in total. The Morgan fingerprint density at radius 2 is 1.66 bits per heavy atom. The number of aryl methyl sites for hydroxylation is 1. The zero-order chi connectivity index (χ0) is 21.6. The van der Waals surface area contributed by atoms with Gasteiger partial charge in [0, 0.05) is 11.3 Å². The fourth-order valence-electron chi connectivity index (χ4n) is 2.93. The van der Waals surface area contributed by atoms with Gasteiger partial charge in [-0.3, -0.25) is 14.4 Å². The summed E-state index contributed by atoms with van der Waals surface area (Å²) in [6, 6.07) is 13.6. The van der Waals surface area contributed by atoms with Crippen LogP contribution in [0.3, 0.4) is 0 Å². The minimum Gasteiger partial charge on any atom is -0.481 e. The van der Waals surface area contributed by atoms with Crippen LogP contribution < -0.4 is 10.6 Å². The zero-order valence-corrected chi connectivity index (χ0v) is 17.2. The topological polar surface area (TPSA) is 95.5 Å². The van der Waals surface area contributed by atoms with E-state index in [1.54, 1.807) is 43.3 Å². The Morgan fingerprint density at radius 3 is 2.21 bits per heavy atom. The molecule has 0 bridgehead atoms. The Morgan fingerprint density at radius 1 is 1.00 bits per heavy atom. The molecule has 2 rings (SSSR count). The van der Waals surface area contributed by atoms with Gasteiger partial charge in [-0.25, -0.2) is 0 Å². The van der Waals surface area contributed by atoms with Gasteiger partial charge in [-0.2, -0.15) is 0 Å². The third-order valence-corrected chi connectivity index (χ3v) is 4.70. The first-order valence-corrected chi connectivity index (χ1v) is 9.67. The first-order chi connectivity index (χ1) is 13.7. The van der Waals surface area contributed by atoms with Crippen molar-refractivity contribution < 1.29 is 19.5 Å². The van der Waals surface area contributed by atoms with Gasteiger partial charge in [0.1, 0.15) is 6.04 Å². The minimum atomic E-state index is -0.841. The lowest BCUT2D eigenvalue weighted by Gasteiger charge is -2.22. The van der Waals surface area contributed by atoms with E-state index in [1.807, 2.05) is 32.9 Å². The van der Waals surface area contributed by atoms with Crippen molar-refractivity contribution in [3.8, 4) is 0 Å². The molecule has 3 N–H and O–H groups in total. The molecule has 0 heterocycles. The number of aliphatic carboxylic acids is 1. The molecule has 2 unspecified atom stereocenters. The number of anilines is 1. The van der Waals surface area contributed by atoms with Crippen LogP contribution in [-0.2, 0) is 16.0 Å². The van der Waals surface area contributed by atoms with E-state index in [9.17, 15) is 14.4 Å². The highest BCUT2D eigenvalue weighted by molar-refractivity contribution is 6.01. The van der Waals surface area contributed by atoms with Crippen LogP contribution in [0, 0.1) is 18.8 Å². The smallest absolute Gasteiger partial charge is 0.306 e. The maximum atomic E-state index is 12.7. The molecule has 0 radical (unpaired) electrons. The van der Waals surface area contributed by atoms with Crippen LogP contribution in [0.4, 0.5) is 5.69 Å². The Balaban J connectivity index is 2.04. The average molecular weight is 396 g/mol. The summed E-state index contributed by atoms with van der Waals surface area (Å²) in [6.07, 6.45) is 0.421. The van der Waals surface area contributed by atoms with Crippen molar-refractivity contribution in [3.05, 3.63) is 65.2 Å². The molecule has 2 aromatic rings. The molecule has 154 valence electrons. The summed E-state index contributed by atoms with van der Waals surface area (Å²) in [5.41, 5.74) is 2.96. The molecule has 0 aliphatic carbocycles. The summed E-state index contributed by atoms with van der Waals surface area (Å²) in [4.78, 5) is 36.2. The molecule has 2 atom stereocenters. The highest BCUT2D eigenvalue weighted by Gasteiger charge is 2.25. The molecule has 29 heavy (non-hydrogen) atoms. The monoisotopic (exact) mass is 396 g/mol. The molecule has 0 saturated heterocycles. The maximum absolute atomic E-state index is 12.7. The van der Waals surface area contributed by atoms with E-state index in [2.05, 4.69) is 10.6 Å². The number of hydrogen-bond acceptors (Lipinski definition) is 3. The van der Waals surface area contributed by atoms with Gasteiger partial charge in [0.05, 0.1) is 5.92 Å². The molecule has 2 aromatic carbocycles. The predicted molar refractivity (Wildman–Crippen MR) is 113 cm³/mol. The summed E-state index contributed by atoms with van der Waals surface area (Å²) in [6.45, 7) is 7.31. The molecule has 0 spiro atoms. The van der Waals surface area contributed by atoms with Gasteiger partial charge in [0.15, 0.2) is 0 Å². The van der Waals surface area contributed by atoms with Crippen LogP contribution in [0.2, 0.25) is 0 Å². The fraction of sp³-hybridized carbons (Fsp3) is 0.348. The van der Waals surface area contributed by atoms with Crippen molar-refractivity contribution in [1.82, 2.24) is 5.32 Å². The van der Waals surface area contributed by atoms with Gasteiger partial charge in [0.2, 0.25) is 5.91 Å². The lowest BCUT2D eigenvalue weighted by Crippen LogP contribution is -2.47. The number of rotatable bonds is 8. The quantitative estimate of drug-likeness (QED) is 0.635. The van der Waals surface area contributed by atoms with E-state index in [4.69, 9.17) is 5.11 Å². The van der Waals surface area contributed by atoms with E-state index in [-0.39, 0.29) is 17.7 Å². The van der Waals surface area contributed by atoms with Gasteiger partial charge >= 0.3 is 5.97 Å². The van der Waals surface area contributed by atoms with Gasteiger partial charge in [-0.15, -0.1) is 0 Å². The lowest BCUT2D eigenvalue weighted by atomic mass is 10.0. The van der Waals surface area contributed by atoms with Crippen LogP contribution >= 0.6 is 0 Å². The number of nitrogens with one attached hydrogen (secondary N) is 2. The van der Waals surface area contributed by atoms with Gasteiger partial charge in [-0.05, 0) is 49.1 Å². The summed E-state index contributed by atoms with van der Waals surface area (Å²) < 4.78 is 0. The molecule has 0 aliphatic rings. The second-order valence-corrected chi connectivity index (χ2v) is 7.69.